The number of pyridine rings is 1. The Morgan fingerprint density at radius 1 is 1.19 bits per heavy atom. The fourth-order valence-electron chi connectivity index (χ4n) is 1.42. The van der Waals surface area contributed by atoms with Crippen molar-refractivity contribution >= 4 is 0 Å². The predicted octanol–water partition coefficient (Wildman–Crippen LogP) is 1.42. The summed E-state index contributed by atoms with van der Waals surface area (Å²) in [7, 11) is 0. The van der Waals surface area contributed by atoms with E-state index < -0.39 is 0 Å². The molecule has 0 spiro atoms. The summed E-state index contributed by atoms with van der Waals surface area (Å²) in [6, 6.07) is 3.70. The number of nitrogens with zero attached hydrogens (tertiary/aromatic N) is 1. The fraction of sp³-hybridized carbons (Fsp3) is 0.583. The number of unbranched alkanes of at least 4 members (excludes halogenated alkanes) is 2. The minimum atomic E-state index is -0.104. The van der Waals surface area contributed by atoms with Gasteiger partial charge in [-0.1, -0.05) is 0 Å². The summed E-state index contributed by atoms with van der Waals surface area (Å²) >= 11 is 0. The van der Waals surface area contributed by atoms with Crippen molar-refractivity contribution < 1.29 is 14.9 Å². The van der Waals surface area contributed by atoms with E-state index in [-0.39, 0.29) is 13.2 Å². The molecule has 16 heavy (non-hydrogen) atoms. The number of aromatic nitrogens is 1. The van der Waals surface area contributed by atoms with Gasteiger partial charge in [-0.2, -0.15) is 0 Å². The summed E-state index contributed by atoms with van der Waals surface area (Å²) in [6.45, 7) is 2.60. The van der Waals surface area contributed by atoms with Gasteiger partial charge in [-0.25, -0.2) is 0 Å². The maximum absolute atomic E-state index is 9.11. The van der Waals surface area contributed by atoms with Crippen LogP contribution in [-0.2, 0) is 6.61 Å². The summed E-state index contributed by atoms with van der Waals surface area (Å²) in [6.07, 6.45) is 2.66. The Labute approximate surface area is 95.9 Å². The molecule has 0 aliphatic heterocycles. The zero-order valence-corrected chi connectivity index (χ0v) is 9.65. The number of aliphatic hydroxyl groups excluding tert-OH is 2. The molecule has 1 aromatic heterocycles. The second-order valence-electron chi connectivity index (χ2n) is 3.69. The Morgan fingerprint density at radius 3 is 2.69 bits per heavy atom. The van der Waals surface area contributed by atoms with Crippen LogP contribution in [0.25, 0.3) is 0 Å². The van der Waals surface area contributed by atoms with Crippen molar-refractivity contribution in [3.63, 3.8) is 0 Å². The topological polar surface area (TPSA) is 62.6 Å². The summed E-state index contributed by atoms with van der Waals surface area (Å²) in [5.41, 5.74) is 1.46. The first-order valence-electron chi connectivity index (χ1n) is 5.59. The molecule has 4 nitrogen and oxygen atoms in total. The van der Waals surface area contributed by atoms with Gasteiger partial charge in [0.15, 0.2) is 0 Å². The SMILES string of the molecule is Cc1ccc(OCCCCCO)c(CO)n1. The minimum absolute atomic E-state index is 0.104. The number of aryl methyl sites for hydroxylation is 1. The Hall–Kier alpha value is -1.13. The van der Waals surface area contributed by atoms with Crippen LogP contribution in [0.5, 0.6) is 5.75 Å². The lowest BCUT2D eigenvalue weighted by Gasteiger charge is -2.09. The molecule has 1 aromatic rings. The molecule has 0 saturated carbocycles. The minimum Gasteiger partial charge on any atom is -0.492 e. The number of ether oxygens (including phenoxy) is 1. The Morgan fingerprint density at radius 2 is 2.00 bits per heavy atom. The fourth-order valence-corrected chi connectivity index (χ4v) is 1.42. The zero-order chi connectivity index (χ0) is 11.8. The lowest BCUT2D eigenvalue weighted by Crippen LogP contribution is -2.03. The van der Waals surface area contributed by atoms with Crippen molar-refractivity contribution in [1.29, 1.82) is 0 Å². The van der Waals surface area contributed by atoms with Crippen LogP contribution in [0, 0.1) is 6.92 Å². The van der Waals surface area contributed by atoms with Gasteiger partial charge in [-0.3, -0.25) is 4.98 Å². The first-order chi connectivity index (χ1) is 7.77. The van der Waals surface area contributed by atoms with E-state index in [1.54, 1.807) is 0 Å². The summed E-state index contributed by atoms with van der Waals surface area (Å²) in [5.74, 6) is 0.650. The van der Waals surface area contributed by atoms with Crippen molar-refractivity contribution in [1.82, 2.24) is 4.98 Å². The highest BCUT2D eigenvalue weighted by Gasteiger charge is 2.04. The van der Waals surface area contributed by atoms with Gasteiger partial charge in [0.05, 0.1) is 13.2 Å². The number of hydrogen-bond donors (Lipinski definition) is 2. The molecule has 0 unspecified atom stereocenters. The van der Waals surface area contributed by atoms with Gasteiger partial charge in [0.25, 0.3) is 0 Å². The molecule has 0 amide bonds. The monoisotopic (exact) mass is 225 g/mol. The molecule has 90 valence electrons. The molecule has 0 aliphatic carbocycles. The van der Waals surface area contributed by atoms with Gasteiger partial charge in [0.2, 0.25) is 0 Å². The highest BCUT2D eigenvalue weighted by Crippen LogP contribution is 2.17. The molecule has 4 heteroatoms. The molecule has 0 fully saturated rings. The first-order valence-corrected chi connectivity index (χ1v) is 5.59. The smallest absolute Gasteiger partial charge is 0.143 e. The molecule has 0 saturated heterocycles. The van der Waals surface area contributed by atoms with E-state index in [2.05, 4.69) is 4.98 Å². The van der Waals surface area contributed by atoms with E-state index in [1.165, 1.54) is 0 Å². The standard InChI is InChI=1S/C12H19NO3/c1-10-5-6-12(11(9-15)13-10)16-8-4-2-3-7-14/h5-6,14-15H,2-4,7-9H2,1H3. The molecule has 0 atom stereocenters. The van der Waals surface area contributed by atoms with E-state index in [9.17, 15) is 0 Å². The summed E-state index contributed by atoms with van der Waals surface area (Å²) in [5, 5.41) is 17.7. The average Bonchev–Trinajstić information content (AvgIpc) is 2.30. The summed E-state index contributed by atoms with van der Waals surface area (Å²) in [4.78, 5) is 4.19. The van der Waals surface area contributed by atoms with Crippen LogP contribution < -0.4 is 4.74 Å². The van der Waals surface area contributed by atoms with Gasteiger partial charge in [-0.05, 0) is 38.3 Å². The van der Waals surface area contributed by atoms with E-state index in [0.717, 1.165) is 25.0 Å². The third kappa shape index (κ3) is 4.16. The lowest BCUT2D eigenvalue weighted by atomic mass is 10.2. The van der Waals surface area contributed by atoms with Crippen LogP contribution in [0.3, 0.4) is 0 Å². The first kappa shape index (κ1) is 12.9. The van der Waals surface area contributed by atoms with Crippen molar-refractivity contribution in [2.24, 2.45) is 0 Å². The van der Waals surface area contributed by atoms with Crippen molar-refractivity contribution in [3.8, 4) is 5.75 Å². The van der Waals surface area contributed by atoms with Crippen LogP contribution in [0.15, 0.2) is 12.1 Å². The zero-order valence-electron chi connectivity index (χ0n) is 9.65. The third-order valence-electron chi connectivity index (χ3n) is 2.28. The predicted molar refractivity (Wildman–Crippen MR) is 61.3 cm³/mol. The Balaban J connectivity index is 2.41. The highest BCUT2D eigenvalue weighted by atomic mass is 16.5. The Kier molecular flexibility index (Phi) is 5.82. The van der Waals surface area contributed by atoms with Crippen LogP contribution in [-0.4, -0.2) is 28.4 Å². The molecule has 1 heterocycles. The largest absolute Gasteiger partial charge is 0.492 e. The molecule has 2 N–H and O–H groups in total. The van der Waals surface area contributed by atoms with Gasteiger partial charge < -0.3 is 14.9 Å². The van der Waals surface area contributed by atoms with E-state index in [0.29, 0.717) is 18.1 Å². The second kappa shape index (κ2) is 7.19. The van der Waals surface area contributed by atoms with Crippen molar-refractivity contribution in [2.45, 2.75) is 32.8 Å². The number of rotatable bonds is 7. The van der Waals surface area contributed by atoms with Gasteiger partial charge in [-0.15, -0.1) is 0 Å². The molecule has 0 bridgehead atoms. The normalized spacial score (nSPS) is 10.4. The van der Waals surface area contributed by atoms with Gasteiger partial charge >= 0.3 is 0 Å². The molecule has 0 radical (unpaired) electrons. The molecule has 0 aliphatic rings. The van der Waals surface area contributed by atoms with Crippen LogP contribution >= 0.6 is 0 Å². The number of aliphatic hydroxyl groups is 2. The van der Waals surface area contributed by atoms with E-state index in [4.69, 9.17) is 14.9 Å². The molecule has 1 rings (SSSR count). The van der Waals surface area contributed by atoms with Crippen LogP contribution in [0.4, 0.5) is 0 Å². The van der Waals surface area contributed by atoms with Gasteiger partial charge in [0, 0.05) is 12.3 Å². The maximum Gasteiger partial charge on any atom is 0.143 e. The van der Waals surface area contributed by atoms with E-state index >= 15 is 0 Å². The van der Waals surface area contributed by atoms with Gasteiger partial charge in [0.1, 0.15) is 11.4 Å². The lowest BCUT2D eigenvalue weighted by molar-refractivity contribution is 0.248. The highest BCUT2D eigenvalue weighted by molar-refractivity contribution is 5.28. The molecular formula is C12H19NO3. The summed E-state index contributed by atoms with van der Waals surface area (Å²) < 4.78 is 5.53. The average molecular weight is 225 g/mol. The number of hydrogen-bond acceptors (Lipinski definition) is 4. The maximum atomic E-state index is 9.11. The van der Waals surface area contributed by atoms with Crippen LogP contribution in [0.2, 0.25) is 0 Å². The van der Waals surface area contributed by atoms with Crippen LogP contribution in [0.1, 0.15) is 30.7 Å². The molecular weight excluding hydrogens is 206 g/mol. The van der Waals surface area contributed by atoms with E-state index in [1.807, 2.05) is 19.1 Å². The third-order valence-corrected chi connectivity index (χ3v) is 2.28. The second-order valence-corrected chi connectivity index (χ2v) is 3.69. The molecule has 0 aromatic carbocycles. The Bertz CT molecular complexity index is 315. The van der Waals surface area contributed by atoms with Crippen molar-refractivity contribution in [2.75, 3.05) is 13.2 Å². The quantitative estimate of drug-likeness (QED) is 0.689. The van der Waals surface area contributed by atoms with Crippen molar-refractivity contribution in [3.05, 3.63) is 23.5 Å².